The molecule has 1 rings (SSSR count). The van der Waals surface area contributed by atoms with Gasteiger partial charge in [0.15, 0.2) is 0 Å². The molecule has 0 spiro atoms. The number of carboxylic acids is 1. The summed E-state index contributed by atoms with van der Waals surface area (Å²) < 4.78 is 0. The molecule has 14 heavy (non-hydrogen) atoms. The molecule has 1 aromatic carbocycles. The maximum absolute atomic E-state index is 10.6. The van der Waals surface area contributed by atoms with Crippen LogP contribution in [0.5, 0.6) is 0 Å². The minimum atomic E-state index is -0.829. The summed E-state index contributed by atoms with van der Waals surface area (Å²) in [6, 6.07) is 7.01. The Kier molecular flexibility index (Phi) is 3.92. The maximum atomic E-state index is 10.6. The van der Waals surface area contributed by atoms with Crippen molar-refractivity contribution in [1.29, 1.82) is 0 Å². The van der Waals surface area contributed by atoms with Gasteiger partial charge in [0.25, 0.3) is 0 Å². The van der Waals surface area contributed by atoms with E-state index in [0.29, 0.717) is 5.02 Å². The monoisotopic (exact) mass is 213 g/mol. The second-order valence-corrected chi connectivity index (χ2v) is 3.43. The smallest absolute Gasteiger partial charge is 0.305 e. The number of carboxylic acid groups (broad SMARTS) is 1. The molecular formula is C10H12ClNO2. The highest BCUT2D eigenvalue weighted by Gasteiger charge is 2.12. The molecule has 1 aromatic rings. The van der Waals surface area contributed by atoms with Crippen molar-refractivity contribution in [2.75, 3.05) is 7.05 Å². The summed E-state index contributed by atoms with van der Waals surface area (Å²) >= 11 is 5.81. The topological polar surface area (TPSA) is 49.3 Å². The third kappa shape index (κ3) is 3.01. The zero-order chi connectivity index (χ0) is 10.6. The molecular weight excluding hydrogens is 202 g/mol. The Labute approximate surface area is 87.7 Å². The number of rotatable bonds is 4. The van der Waals surface area contributed by atoms with E-state index < -0.39 is 5.97 Å². The summed E-state index contributed by atoms with van der Waals surface area (Å²) in [7, 11) is 1.73. The first kappa shape index (κ1) is 11.0. The van der Waals surface area contributed by atoms with Crippen LogP contribution in [0.4, 0.5) is 0 Å². The fourth-order valence-corrected chi connectivity index (χ4v) is 1.48. The Morgan fingerprint density at radius 3 is 2.86 bits per heavy atom. The molecule has 0 aliphatic heterocycles. The summed E-state index contributed by atoms with van der Waals surface area (Å²) in [5, 5.41) is 12.2. The Hall–Kier alpha value is -1.06. The van der Waals surface area contributed by atoms with Gasteiger partial charge in [-0.25, -0.2) is 0 Å². The SMILES string of the molecule is CNC(CC(=O)O)c1cccc(Cl)c1. The van der Waals surface area contributed by atoms with Gasteiger partial charge in [-0.1, -0.05) is 23.7 Å². The van der Waals surface area contributed by atoms with E-state index in [-0.39, 0.29) is 12.5 Å². The van der Waals surface area contributed by atoms with Crippen molar-refractivity contribution in [3.05, 3.63) is 34.9 Å². The summed E-state index contributed by atoms with van der Waals surface area (Å²) in [5.74, 6) is -0.829. The minimum absolute atomic E-state index is 0.0524. The van der Waals surface area contributed by atoms with Crippen LogP contribution in [-0.2, 0) is 4.79 Å². The highest BCUT2D eigenvalue weighted by atomic mass is 35.5. The molecule has 0 saturated carbocycles. The second kappa shape index (κ2) is 4.98. The lowest BCUT2D eigenvalue weighted by Crippen LogP contribution is -2.19. The number of carbonyl (C=O) groups is 1. The number of hydrogen-bond acceptors (Lipinski definition) is 2. The molecule has 0 radical (unpaired) electrons. The van der Waals surface area contributed by atoms with E-state index in [1.165, 1.54) is 0 Å². The van der Waals surface area contributed by atoms with E-state index in [0.717, 1.165) is 5.56 Å². The lowest BCUT2D eigenvalue weighted by Gasteiger charge is -2.14. The Balaban J connectivity index is 2.83. The number of benzene rings is 1. The van der Waals surface area contributed by atoms with E-state index >= 15 is 0 Å². The van der Waals surface area contributed by atoms with E-state index in [1.54, 1.807) is 19.2 Å². The standard InChI is InChI=1S/C10H12ClNO2/c1-12-9(6-10(13)14)7-3-2-4-8(11)5-7/h2-5,9,12H,6H2,1H3,(H,13,14). The van der Waals surface area contributed by atoms with Crippen molar-refractivity contribution in [3.63, 3.8) is 0 Å². The van der Waals surface area contributed by atoms with Gasteiger partial charge in [-0.05, 0) is 24.7 Å². The molecule has 0 bridgehead atoms. The Morgan fingerprint density at radius 1 is 1.64 bits per heavy atom. The first-order valence-electron chi connectivity index (χ1n) is 4.28. The fraction of sp³-hybridized carbons (Fsp3) is 0.300. The van der Waals surface area contributed by atoms with Crippen molar-refractivity contribution in [1.82, 2.24) is 5.32 Å². The van der Waals surface area contributed by atoms with E-state index in [4.69, 9.17) is 16.7 Å². The van der Waals surface area contributed by atoms with E-state index in [9.17, 15) is 4.79 Å². The molecule has 1 unspecified atom stereocenters. The van der Waals surface area contributed by atoms with Gasteiger partial charge in [-0.15, -0.1) is 0 Å². The first-order chi connectivity index (χ1) is 6.63. The van der Waals surface area contributed by atoms with Crippen LogP contribution in [-0.4, -0.2) is 18.1 Å². The zero-order valence-corrected chi connectivity index (χ0v) is 8.58. The number of aliphatic carboxylic acids is 1. The average Bonchev–Trinajstić information content (AvgIpc) is 2.14. The molecule has 4 heteroatoms. The van der Waals surface area contributed by atoms with Crippen LogP contribution in [0, 0.1) is 0 Å². The third-order valence-corrected chi connectivity index (χ3v) is 2.21. The van der Waals surface area contributed by atoms with Crippen LogP contribution < -0.4 is 5.32 Å². The highest BCUT2D eigenvalue weighted by Crippen LogP contribution is 2.19. The van der Waals surface area contributed by atoms with Crippen molar-refractivity contribution >= 4 is 17.6 Å². The van der Waals surface area contributed by atoms with Crippen molar-refractivity contribution in [3.8, 4) is 0 Å². The second-order valence-electron chi connectivity index (χ2n) is 2.99. The lowest BCUT2D eigenvalue weighted by molar-refractivity contribution is -0.137. The molecule has 3 nitrogen and oxygen atoms in total. The quantitative estimate of drug-likeness (QED) is 0.805. The minimum Gasteiger partial charge on any atom is -0.481 e. The molecule has 0 fully saturated rings. The molecule has 1 atom stereocenters. The van der Waals surface area contributed by atoms with E-state index in [2.05, 4.69) is 5.32 Å². The Morgan fingerprint density at radius 2 is 2.36 bits per heavy atom. The van der Waals surface area contributed by atoms with Gasteiger partial charge in [0.2, 0.25) is 0 Å². The summed E-state index contributed by atoms with van der Waals surface area (Å²) in [6.07, 6.45) is 0.0524. The van der Waals surface area contributed by atoms with Crippen LogP contribution in [0.3, 0.4) is 0 Å². The van der Waals surface area contributed by atoms with Crippen molar-refractivity contribution in [2.24, 2.45) is 0 Å². The predicted octanol–water partition coefficient (Wildman–Crippen LogP) is 2.08. The Bertz CT molecular complexity index is 328. The van der Waals surface area contributed by atoms with Gasteiger partial charge in [0.05, 0.1) is 6.42 Å². The molecule has 0 aliphatic rings. The van der Waals surface area contributed by atoms with Gasteiger partial charge >= 0.3 is 5.97 Å². The van der Waals surface area contributed by atoms with Crippen molar-refractivity contribution < 1.29 is 9.90 Å². The zero-order valence-electron chi connectivity index (χ0n) is 7.83. The highest BCUT2D eigenvalue weighted by molar-refractivity contribution is 6.30. The molecule has 0 heterocycles. The molecule has 0 aliphatic carbocycles. The van der Waals surface area contributed by atoms with Gasteiger partial charge in [0, 0.05) is 11.1 Å². The fourth-order valence-electron chi connectivity index (χ4n) is 1.28. The summed E-state index contributed by atoms with van der Waals surface area (Å²) in [6.45, 7) is 0. The average molecular weight is 214 g/mol. The molecule has 0 amide bonds. The summed E-state index contributed by atoms with van der Waals surface area (Å²) in [4.78, 5) is 10.6. The number of halogens is 1. The van der Waals surface area contributed by atoms with Gasteiger partial charge in [-0.3, -0.25) is 4.79 Å². The van der Waals surface area contributed by atoms with Crippen LogP contribution in [0.15, 0.2) is 24.3 Å². The summed E-state index contributed by atoms with van der Waals surface area (Å²) in [5.41, 5.74) is 0.891. The third-order valence-electron chi connectivity index (χ3n) is 1.98. The van der Waals surface area contributed by atoms with Gasteiger partial charge < -0.3 is 10.4 Å². The van der Waals surface area contributed by atoms with Crippen LogP contribution >= 0.6 is 11.6 Å². The molecule has 76 valence electrons. The largest absolute Gasteiger partial charge is 0.481 e. The number of nitrogens with one attached hydrogen (secondary N) is 1. The van der Waals surface area contributed by atoms with Gasteiger partial charge in [-0.2, -0.15) is 0 Å². The normalized spacial score (nSPS) is 12.4. The number of hydrogen-bond donors (Lipinski definition) is 2. The maximum Gasteiger partial charge on any atom is 0.305 e. The first-order valence-corrected chi connectivity index (χ1v) is 4.66. The molecule has 0 saturated heterocycles. The molecule has 2 N–H and O–H groups in total. The van der Waals surface area contributed by atoms with Crippen LogP contribution in [0.2, 0.25) is 5.02 Å². The van der Waals surface area contributed by atoms with Crippen LogP contribution in [0.25, 0.3) is 0 Å². The van der Waals surface area contributed by atoms with Crippen molar-refractivity contribution in [2.45, 2.75) is 12.5 Å². The van der Waals surface area contributed by atoms with Crippen LogP contribution in [0.1, 0.15) is 18.0 Å². The lowest BCUT2D eigenvalue weighted by atomic mass is 10.0. The molecule has 0 aromatic heterocycles. The van der Waals surface area contributed by atoms with E-state index in [1.807, 2.05) is 12.1 Å². The predicted molar refractivity (Wildman–Crippen MR) is 55.5 cm³/mol. The van der Waals surface area contributed by atoms with Gasteiger partial charge in [0.1, 0.15) is 0 Å².